The van der Waals surface area contributed by atoms with E-state index in [0.29, 0.717) is 6.54 Å². The van der Waals surface area contributed by atoms with Gasteiger partial charge in [0.1, 0.15) is 0 Å². The second-order valence-electron chi connectivity index (χ2n) is 7.25. The minimum absolute atomic E-state index is 0. The molecule has 0 heterocycles. The molecule has 0 spiro atoms. The standard InChI is InChI=1S/C20H43NO2.ClH/c1-3-4-5-6-7-8-9-10-11-12-13-14-15-16-17-18-19-21-20(2,22)23;/h21-23H,3-19H2,1-2H3;1H. The van der Waals surface area contributed by atoms with Gasteiger partial charge in [-0.15, -0.1) is 12.4 Å². The molecule has 4 heteroatoms. The Bertz CT molecular complexity index is 232. The van der Waals surface area contributed by atoms with E-state index in [1.807, 2.05) is 0 Å². The Morgan fingerprint density at radius 1 is 0.583 bits per heavy atom. The van der Waals surface area contributed by atoms with Crippen molar-refractivity contribution in [1.82, 2.24) is 5.32 Å². The number of rotatable bonds is 18. The molecule has 0 aliphatic heterocycles. The van der Waals surface area contributed by atoms with Crippen molar-refractivity contribution in [2.45, 2.75) is 122 Å². The summed E-state index contributed by atoms with van der Waals surface area (Å²) in [5, 5.41) is 20.9. The number of unbranched alkanes of at least 4 members (excludes halogenated alkanes) is 15. The average molecular weight is 366 g/mol. The highest BCUT2D eigenvalue weighted by molar-refractivity contribution is 5.85. The van der Waals surface area contributed by atoms with Gasteiger partial charge in [-0.3, -0.25) is 5.32 Å². The molecule has 0 bridgehead atoms. The van der Waals surface area contributed by atoms with Gasteiger partial charge in [-0.1, -0.05) is 103 Å². The van der Waals surface area contributed by atoms with E-state index in [9.17, 15) is 0 Å². The van der Waals surface area contributed by atoms with Gasteiger partial charge in [0, 0.05) is 13.5 Å². The highest BCUT2D eigenvalue weighted by Gasteiger charge is 2.11. The summed E-state index contributed by atoms with van der Waals surface area (Å²) in [6.07, 6.45) is 21.8. The van der Waals surface area contributed by atoms with Crippen LogP contribution in [0.5, 0.6) is 0 Å². The van der Waals surface area contributed by atoms with Gasteiger partial charge in [0.05, 0.1) is 0 Å². The van der Waals surface area contributed by atoms with E-state index < -0.39 is 5.91 Å². The largest absolute Gasteiger partial charge is 0.354 e. The van der Waals surface area contributed by atoms with E-state index in [-0.39, 0.29) is 12.4 Å². The van der Waals surface area contributed by atoms with E-state index in [2.05, 4.69) is 12.2 Å². The molecule has 0 fully saturated rings. The summed E-state index contributed by atoms with van der Waals surface area (Å²) in [4.78, 5) is 0. The van der Waals surface area contributed by atoms with Crippen LogP contribution >= 0.6 is 12.4 Å². The summed E-state index contributed by atoms with van der Waals surface area (Å²) >= 11 is 0. The monoisotopic (exact) mass is 365 g/mol. The van der Waals surface area contributed by atoms with Gasteiger partial charge < -0.3 is 10.2 Å². The van der Waals surface area contributed by atoms with Crippen molar-refractivity contribution >= 4 is 12.4 Å². The van der Waals surface area contributed by atoms with Gasteiger partial charge in [0.2, 0.25) is 5.91 Å². The van der Waals surface area contributed by atoms with Crippen molar-refractivity contribution in [3.8, 4) is 0 Å². The van der Waals surface area contributed by atoms with Crippen LogP contribution in [0.25, 0.3) is 0 Å². The highest BCUT2D eigenvalue weighted by atomic mass is 35.5. The molecule has 0 aromatic heterocycles. The quantitative estimate of drug-likeness (QED) is 0.209. The third kappa shape index (κ3) is 24.4. The van der Waals surface area contributed by atoms with Gasteiger partial charge in [-0.25, -0.2) is 0 Å². The smallest absolute Gasteiger partial charge is 0.219 e. The fourth-order valence-electron chi connectivity index (χ4n) is 3.00. The number of hydrogen-bond acceptors (Lipinski definition) is 3. The molecule has 0 unspecified atom stereocenters. The van der Waals surface area contributed by atoms with Crippen molar-refractivity contribution < 1.29 is 10.2 Å². The molecule has 3 N–H and O–H groups in total. The fourth-order valence-corrected chi connectivity index (χ4v) is 3.00. The molecule has 24 heavy (non-hydrogen) atoms. The SMILES string of the molecule is CCCCCCCCCCCCCCCCCCNC(C)(O)O.Cl. The zero-order chi connectivity index (χ0) is 17.2. The van der Waals surface area contributed by atoms with E-state index in [4.69, 9.17) is 10.2 Å². The first-order valence-corrected chi connectivity index (χ1v) is 10.3. The fraction of sp³-hybridized carbons (Fsp3) is 1.00. The van der Waals surface area contributed by atoms with Crippen LogP contribution in [0.2, 0.25) is 0 Å². The molecule has 0 saturated heterocycles. The Labute approximate surface area is 157 Å². The number of nitrogens with one attached hydrogen (secondary N) is 1. The summed E-state index contributed by atoms with van der Waals surface area (Å²) in [6.45, 7) is 4.32. The third-order valence-electron chi connectivity index (χ3n) is 4.49. The predicted molar refractivity (Wildman–Crippen MR) is 108 cm³/mol. The minimum atomic E-state index is -1.71. The summed E-state index contributed by atoms with van der Waals surface area (Å²) in [7, 11) is 0. The van der Waals surface area contributed by atoms with Crippen molar-refractivity contribution in [3.05, 3.63) is 0 Å². The molecule has 0 aliphatic carbocycles. The van der Waals surface area contributed by atoms with Crippen molar-refractivity contribution in [1.29, 1.82) is 0 Å². The van der Waals surface area contributed by atoms with Gasteiger partial charge in [0.15, 0.2) is 0 Å². The zero-order valence-electron chi connectivity index (χ0n) is 16.3. The molecule has 3 nitrogen and oxygen atoms in total. The van der Waals surface area contributed by atoms with Crippen LogP contribution in [0.15, 0.2) is 0 Å². The van der Waals surface area contributed by atoms with Crippen LogP contribution in [0.3, 0.4) is 0 Å². The lowest BCUT2D eigenvalue weighted by atomic mass is 10.0. The van der Waals surface area contributed by atoms with Crippen LogP contribution in [-0.4, -0.2) is 22.7 Å². The Hall–Kier alpha value is 0.170. The van der Waals surface area contributed by atoms with Crippen LogP contribution in [-0.2, 0) is 0 Å². The minimum Gasteiger partial charge on any atom is -0.354 e. The molecule has 148 valence electrons. The molecular weight excluding hydrogens is 322 g/mol. The summed E-state index contributed by atoms with van der Waals surface area (Å²) in [5.74, 6) is -1.71. The number of aliphatic hydroxyl groups is 2. The van der Waals surface area contributed by atoms with Gasteiger partial charge >= 0.3 is 0 Å². The number of hydrogen-bond donors (Lipinski definition) is 3. The normalized spacial score (nSPS) is 11.5. The molecular formula is C20H44ClNO2. The first kappa shape index (κ1) is 26.4. The summed E-state index contributed by atoms with van der Waals surface area (Å²) in [6, 6.07) is 0. The van der Waals surface area contributed by atoms with Gasteiger partial charge in [-0.2, -0.15) is 0 Å². The molecule has 0 aromatic carbocycles. The maximum atomic E-state index is 9.09. The Morgan fingerprint density at radius 3 is 1.17 bits per heavy atom. The Morgan fingerprint density at radius 2 is 0.875 bits per heavy atom. The van der Waals surface area contributed by atoms with E-state index in [1.165, 1.54) is 103 Å². The lowest BCUT2D eigenvalue weighted by molar-refractivity contribution is -0.169. The van der Waals surface area contributed by atoms with Crippen LogP contribution in [0, 0.1) is 0 Å². The van der Waals surface area contributed by atoms with Crippen LogP contribution < -0.4 is 5.32 Å². The van der Waals surface area contributed by atoms with Crippen molar-refractivity contribution in [2.24, 2.45) is 0 Å². The lowest BCUT2D eigenvalue weighted by Gasteiger charge is -2.17. The molecule has 0 aliphatic rings. The van der Waals surface area contributed by atoms with Crippen LogP contribution in [0.4, 0.5) is 0 Å². The maximum absolute atomic E-state index is 9.09. The Balaban J connectivity index is 0. The second-order valence-corrected chi connectivity index (χ2v) is 7.25. The van der Waals surface area contributed by atoms with Crippen molar-refractivity contribution in [3.63, 3.8) is 0 Å². The summed E-state index contributed by atoms with van der Waals surface area (Å²) < 4.78 is 0. The van der Waals surface area contributed by atoms with E-state index >= 15 is 0 Å². The first-order valence-electron chi connectivity index (χ1n) is 10.3. The summed E-state index contributed by atoms with van der Waals surface area (Å²) in [5.41, 5.74) is 0. The van der Waals surface area contributed by atoms with E-state index in [1.54, 1.807) is 0 Å². The van der Waals surface area contributed by atoms with Gasteiger partial charge in [-0.05, 0) is 6.42 Å². The molecule has 0 amide bonds. The first-order chi connectivity index (χ1) is 11.1. The average Bonchev–Trinajstić information content (AvgIpc) is 2.49. The Kier molecular flexibility index (Phi) is 21.4. The van der Waals surface area contributed by atoms with Crippen LogP contribution in [0.1, 0.15) is 117 Å². The molecule has 0 rings (SSSR count). The second kappa shape index (κ2) is 19.5. The topological polar surface area (TPSA) is 52.5 Å². The lowest BCUT2D eigenvalue weighted by Crippen LogP contribution is -2.42. The maximum Gasteiger partial charge on any atom is 0.219 e. The molecule has 0 atom stereocenters. The van der Waals surface area contributed by atoms with Gasteiger partial charge in [0.25, 0.3) is 0 Å². The highest BCUT2D eigenvalue weighted by Crippen LogP contribution is 2.13. The van der Waals surface area contributed by atoms with Crippen molar-refractivity contribution in [2.75, 3.05) is 6.54 Å². The van der Waals surface area contributed by atoms with E-state index in [0.717, 1.165) is 6.42 Å². The predicted octanol–water partition coefficient (Wildman–Crippen LogP) is 5.92. The molecule has 0 radical (unpaired) electrons. The third-order valence-corrected chi connectivity index (χ3v) is 4.49. The molecule has 0 aromatic rings. The molecule has 0 saturated carbocycles. The number of halogens is 1. The zero-order valence-corrected chi connectivity index (χ0v) is 17.1.